The lowest BCUT2D eigenvalue weighted by Gasteiger charge is -2.27. The van der Waals surface area contributed by atoms with Gasteiger partial charge in [0.25, 0.3) is 0 Å². The van der Waals surface area contributed by atoms with E-state index in [-0.39, 0.29) is 0 Å². The number of nitrogens with zero attached hydrogens (tertiary/aromatic N) is 1. The smallest absolute Gasteiger partial charge is 0.0219 e. The van der Waals surface area contributed by atoms with Gasteiger partial charge in [0.05, 0.1) is 0 Å². The molecule has 0 aromatic heterocycles. The molecule has 2 heteroatoms. The summed E-state index contributed by atoms with van der Waals surface area (Å²) in [5.74, 6) is 0.882. The van der Waals surface area contributed by atoms with Gasteiger partial charge < -0.3 is 5.73 Å². The molecule has 0 amide bonds. The fourth-order valence-electron chi connectivity index (χ4n) is 2.28. The maximum atomic E-state index is 5.74. The summed E-state index contributed by atoms with van der Waals surface area (Å²) >= 11 is 0. The maximum absolute atomic E-state index is 5.74. The third-order valence-corrected chi connectivity index (χ3v) is 3.42. The summed E-state index contributed by atoms with van der Waals surface area (Å²) < 4.78 is 0. The molecule has 1 rings (SSSR count). The van der Waals surface area contributed by atoms with Gasteiger partial charge >= 0.3 is 0 Å². The van der Waals surface area contributed by atoms with Crippen LogP contribution in [0.1, 0.15) is 39.5 Å². The van der Waals surface area contributed by atoms with Crippen LogP contribution >= 0.6 is 0 Å². The number of likely N-dealkylation sites (tertiary alicyclic amines) is 1. The Morgan fingerprint density at radius 1 is 1.38 bits per heavy atom. The van der Waals surface area contributed by atoms with E-state index < -0.39 is 0 Å². The van der Waals surface area contributed by atoms with E-state index in [0.29, 0.717) is 6.04 Å². The molecule has 0 bridgehead atoms. The van der Waals surface area contributed by atoms with Crippen molar-refractivity contribution in [3.8, 4) is 0 Å². The zero-order chi connectivity index (χ0) is 9.68. The van der Waals surface area contributed by atoms with Gasteiger partial charge in [-0.1, -0.05) is 26.7 Å². The minimum absolute atomic E-state index is 0.681. The van der Waals surface area contributed by atoms with Gasteiger partial charge in [0.15, 0.2) is 0 Å². The van der Waals surface area contributed by atoms with E-state index in [1.54, 1.807) is 0 Å². The minimum Gasteiger partial charge on any atom is -0.329 e. The highest BCUT2D eigenvalue weighted by Crippen LogP contribution is 2.19. The Labute approximate surface area is 82.5 Å². The first-order valence-corrected chi connectivity index (χ1v) is 5.75. The molecule has 1 saturated heterocycles. The quantitative estimate of drug-likeness (QED) is 0.706. The van der Waals surface area contributed by atoms with Crippen molar-refractivity contribution in [3.05, 3.63) is 0 Å². The standard InChI is InChI=1S/C11H24N2/c1-3-10(4-2)9-13-7-5-6-11(13)8-12/h10-11H,3-9,12H2,1-2H3. The Kier molecular flexibility index (Phi) is 4.74. The minimum atomic E-state index is 0.681. The second-order valence-corrected chi connectivity index (χ2v) is 4.21. The largest absolute Gasteiger partial charge is 0.329 e. The number of nitrogens with two attached hydrogens (primary N) is 1. The first kappa shape index (κ1) is 11.0. The van der Waals surface area contributed by atoms with Crippen LogP contribution in [0.5, 0.6) is 0 Å². The average Bonchev–Trinajstić information content (AvgIpc) is 2.61. The fourth-order valence-corrected chi connectivity index (χ4v) is 2.28. The molecule has 1 heterocycles. The van der Waals surface area contributed by atoms with E-state index in [1.807, 2.05) is 0 Å². The molecular weight excluding hydrogens is 160 g/mol. The molecule has 1 unspecified atom stereocenters. The average molecular weight is 184 g/mol. The van der Waals surface area contributed by atoms with Crippen LogP contribution < -0.4 is 5.73 Å². The van der Waals surface area contributed by atoms with Crippen molar-refractivity contribution in [2.45, 2.75) is 45.6 Å². The number of hydrogen-bond donors (Lipinski definition) is 1. The highest BCUT2D eigenvalue weighted by molar-refractivity contribution is 4.80. The molecule has 2 nitrogen and oxygen atoms in total. The van der Waals surface area contributed by atoms with Gasteiger partial charge in [0.1, 0.15) is 0 Å². The molecule has 0 aromatic rings. The highest BCUT2D eigenvalue weighted by atomic mass is 15.2. The lowest BCUT2D eigenvalue weighted by Crippen LogP contribution is -2.38. The van der Waals surface area contributed by atoms with Crippen molar-refractivity contribution in [1.82, 2.24) is 4.90 Å². The van der Waals surface area contributed by atoms with Gasteiger partial charge in [-0.3, -0.25) is 4.90 Å². The Balaban J connectivity index is 2.33. The first-order chi connectivity index (χ1) is 6.31. The molecule has 1 aliphatic rings. The second kappa shape index (κ2) is 5.61. The molecule has 13 heavy (non-hydrogen) atoms. The predicted molar refractivity (Wildman–Crippen MR) is 57.7 cm³/mol. The number of hydrogen-bond acceptors (Lipinski definition) is 2. The van der Waals surface area contributed by atoms with Crippen molar-refractivity contribution >= 4 is 0 Å². The topological polar surface area (TPSA) is 29.3 Å². The molecule has 78 valence electrons. The lowest BCUT2D eigenvalue weighted by atomic mass is 10.0. The van der Waals surface area contributed by atoms with Crippen LogP contribution in [-0.4, -0.2) is 30.6 Å². The van der Waals surface area contributed by atoms with Gasteiger partial charge in [-0.25, -0.2) is 0 Å². The van der Waals surface area contributed by atoms with E-state index in [2.05, 4.69) is 18.7 Å². The van der Waals surface area contributed by atoms with Crippen LogP contribution in [0.3, 0.4) is 0 Å². The van der Waals surface area contributed by atoms with Crippen molar-refractivity contribution < 1.29 is 0 Å². The molecule has 0 aliphatic carbocycles. The van der Waals surface area contributed by atoms with E-state index >= 15 is 0 Å². The predicted octanol–water partition coefficient (Wildman–Crippen LogP) is 1.85. The van der Waals surface area contributed by atoms with Crippen molar-refractivity contribution in [3.63, 3.8) is 0 Å². The van der Waals surface area contributed by atoms with Crippen LogP contribution in [0, 0.1) is 5.92 Å². The van der Waals surface area contributed by atoms with Crippen LogP contribution in [-0.2, 0) is 0 Å². The number of rotatable bonds is 5. The summed E-state index contributed by atoms with van der Waals surface area (Å²) in [5.41, 5.74) is 5.74. The normalized spacial score (nSPS) is 24.5. The van der Waals surface area contributed by atoms with E-state index in [0.717, 1.165) is 12.5 Å². The molecule has 0 spiro atoms. The van der Waals surface area contributed by atoms with Gasteiger partial charge in [0, 0.05) is 19.1 Å². The summed E-state index contributed by atoms with van der Waals surface area (Å²) in [4.78, 5) is 2.59. The zero-order valence-corrected chi connectivity index (χ0v) is 9.13. The summed E-state index contributed by atoms with van der Waals surface area (Å²) in [6.45, 7) is 7.98. The highest BCUT2D eigenvalue weighted by Gasteiger charge is 2.24. The van der Waals surface area contributed by atoms with E-state index in [1.165, 1.54) is 38.8 Å². The van der Waals surface area contributed by atoms with Crippen LogP contribution in [0.25, 0.3) is 0 Å². The Hall–Kier alpha value is -0.0800. The van der Waals surface area contributed by atoms with Gasteiger partial charge in [-0.15, -0.1) is 0 Å². The molecule has 2 N–H and O–H groups in total. The van der Waals surface area contributed by atoms with Crippen molar-refractivity contribution in [2.75, 3.05) is 19.6 Å². The van der Waals surface area contributed by atoms with Gasteiger partial charge in [0.2, 0.25) is 0 Å². The molecule has 0 aromatic carbocycles. The first-order valence-electron chi connectivity index (χ1n) is 5.75. The molecular formula is C11H24N2. The molecule has 0 radical (unpaired) electrons. The summed E-state index contributed by atoms with van der Waals surface area (Å²) in [6, 6.07) is 0.681. The van der Waals surface area contributed by atoms with Gasteiger partial charge in [-0.05, 0) is 25.3 Å². The third-order valence-electron chi connectivity index (χ3n) is 3.42. The van der Waals surface area contributed by atoms with Crippen LogP contribution in [0.2, 0.25) is 0 Å². The van der Waals surface area contributed by atoms with Crippen LogP contribution in [0.15, 0.2) is 0 Å². The molecule has 0 saturated carbocycles. The monoisotopic (exact) mass is 184 g/mol. The van der Waals surface area contributed by atoms with E-state index in [4.69, 9.17) is 5.73 Å². The maximum Gasteiger partial charge on any atom is 0.0219 e. The SMILES string of the molecule is CCC(CC)CN1CCCC1CN. The fraction of sp³-hybridized carbons (Fsp3) is 1.00. The Morgan fingerprint density at radius 3 is 2.62 bits per heavy atom. The Morgan fingerprint density at radius 2 is 2.08 bits per heavy atom. The Bertz CT molecular complexity index is 132. The summed E-state index contributed by atoms with van der Waals surface area (Å²) in [7, 11) is 0. The molecule has 1 aliphatic heterocycles. The van der Waals surface area contributed by atoms with Crippen molar-refractivity contribution in [2.24, 2.45) is 11.7 Å². The molecule has 1 fully saturated rings. The second-order valence-electron chi connectivity index (χ2n) is 4.21. The van der Waals surface area contributed by atoms with E-state index in [9.17, 15) is 0 Å². The summed E-state index contributed by atoms with van der Waals surface area (Å²) in [5, 5.41) is 0. The summed E-state index contributed by atoms with van der Waals surface area (Å²) in [6.07, 6.45) is 5.28. The lowest BCUT2D eigenvalue weighted by molar-refractivity contribution is 0.211. The van der Waals surface area contributed by atoms with Gasteiger partial charge in [-0.2, -0.15) is 0 Å². The molecule has 1 atom stereocenters. The van der Waals surface area contributed by atoms with Crippen molar-refractivity contribution in [1.29, 1.82) is 0 Å². The van der Waals surface area contributed by atoms with Crippen LogP contribution in [0.4, 0.5) is 0 Å². The third kappa shape index (κ3) is 2.96. The zero-order valence-electron chi connectivity index (χ0n) is 9.13.